The van der Waals surface area contributed by atoms with Gasteiger partial charge in [0.15, 0.2) is 0 Å². The van der Waals surface area contributed by atoms with Crippen molar-refractivity contribution in [3.8, 4) is 11.1 Å². The number of aryl methyl sites for hydroxylation is 1. The monoisotopic (exact) mass is 449 g/mol. The van der Waals surface area contributed by atoms with Gasteiger partial charge in [-0.25, -0.2) is 9.97 Å². The van der Waals surface area contributed by atoms with Gasteiger partial charge in [0.1, 0.15) is 17.3 Å². The molecule has 33 heavy (non-hydrogen) atoms. The Morgan fingerprint density at radius 2 is 1.94 bits per heavy atom. The number of ether oxygens (including phenoxy) is 1. The number of aromatic nitrogens is 3. The number of anilines is 2. The fourth-order valence-electron chi connectivity index (χ4n) is 5.37. The number of nitrogens with two attached hydrogens (primary N) is 1. The van der Waals surface area contributed by atoms with Crippen LogP contribution in [0.15, 0.2) is 36.8 Å². The van der Waals surface area contributed by atoms with Crippen LogP contribution >= 0.6 is 0 Å². The first-order valence-electron chi connectivity index (χ1n) is 11.8. The third kappa shape index (κ3) is 4.18. The van der Waals surface area contributed by atoms with Gasteiger partial charge < -0.3 is 24.7 Å². The van der Waals surface area contributed by atoms with Gasteiger partial charge in [-0.2, -0.15) is 0 Å². The van der Waals surface area contributed by atoms with E-state index >= 15 is 0 Å². The lowest BCUT2D eigenvalue weighted by Gasteiger charge is -2.37. The largest absolute Gasteiger partial charge is 0.378 e. The molecule has 3 aromatic heterocycles. The molecule has 176 valence electrons. The van der Waals surface area contributed by atoms with E-state index in [0.717, 1.165) is 73.0 Å². The van der Waals surface area contributed by atoms with Crippen molar-refractivity contribution in [2.45, 2.75) is 38.0 Å². The number of fused-ring (bicyclic) bond motifs is 1. The minimum atomic E-state index is 0.120. The summed E-state index contributed by atoms with van der Waals surface area (Å²) in [5.74, 6) is 2.04. The van der Waals surface area contributed by atoms with Gasteiger partial charge in [0.25, 0.3) is 0 Å². The molecular formula is C25H35N7O. The van der Waals surface area contributed by atoms with Gasteiger partial charge in [-0.15, -0.1) is 0 Å². The molecule has 2 N–H and O–H groups in total. The first-order chi connectivity index (χ1) is 15.9. The van der Waals surface area contributed by atoms with E-state index in [1.807, 2.05) is 12.4 Å². The number of rotatable bonds is 5. The van der Waals surface area contributed by atoms with E-state index in [1.54, 1.807) is 7.11 Å². The van der Waals surface area contributed by atoms with Crippen molar-refractivity contribution in [3.05, 3.63) is 42.4 Å². The van der Waals surface area contributed by atoms with Gasteiger partial charge in [0.2, 0.25) is 0 Å². The van der Waals surface area contributed by atoms with Crippen LogP contribution in [0.1, 0.15) is 18.4 Å². The average Bonchev–Trinajstić information content (AvgIpc) is 3.45. The van der Waals surface area contributed by atoms with Crippen LogP contribution in [0.3, 0.4) is 0 Å². The Morgan fingerprint density at radius 1 is 1.15 bits per heavy atom. The summed E-state index contributed by atoms with van der Waals surface area (Å²) in [4.78, 5) is 16.6. The highest BCUT2D eigenvalue weighted by Crippen LogP contribution is 2.33. The lowest BCUT2D eigenvalue weighted by molar-refractivity contribution is 0.0905. The van der Waals surface area contributed by atoms with Crippen LogP contribution in [-0.4, -0.2) is 84.8 Å². The number of methoxy groups -OCH3 is 1. The van der Waals surface area contributed by atoms with Crippen molar-refractivity contribution in [2.24, 2.45) is 5.73 Å². The molecule has 2 atom stereocenters. The first-order valence-corrected chi connectivity index (χ1v) is 11.8. The second-order valence-electron chi connectivity index (χ2n) is 9.62. The molecule has 0 aromatic carbocycles. The molecule has 0 spiro atoms. The second kappa shape index (κ2) is 8.93. The maximum Gasteiger partial charge on any atom is 0.139 e. The predicted octanol–water partition coefficient (Wildman–Crippen LogP) is 2.40. The molecule has 2 aliphatic heterocycles. The van der Waals surface area contributed by atoms with Gasteiger partial charge in [-0.05, 0) is 43.5 Å². The lowest BCUT2D eigenvalue weighted by Crippen LogP contribution is -2.45. The number of likely N-dealkylation sites (tertiary alicyclic amines) is 1. The summed E-state index contributed by atoms with van der Waals surface area (Å²) in [6.07, 6.45) is 8.38. The van der Waals surface area contributed by atoms with Crippen molar-refractivity contribution >= 4 is 17.3 Å². The highest BCUT2D eigenvalue weighted by molar-refractivity contribution is 5.78. The Labute approximate surface area is 196 Å². The molecular weight excluding hydrogens is 414 g/mol. The van der Waals surface area contributed by atoms with E-state index < -0.39 is 0 Å². The fraction of sp³-hybridized carbons (Fsp3) is 0.520. The van der Waals surface area contributed by atoms with Gasteiger partial charge in [-0.1, -0.05) is 0 Å². The van der Waals surface area contributed by atoms with Gasteiger partial charge >= 0.3 is 0 Å². The van der Waals surface area contributed by atoms with Crippen LogP contribution in [-0.2, 0) is 4.74 Å². The van der Waals surface area contributed by atoms with E-state index in [0.29, 0.717) is 6.04 Å². The van der Waals surface area contributed by atoms with E-state index in [2.05, 4.69) is 69.5 Å². The zero-order valence-electron chi connectivity index (χ0n) is 20.1. The Balaban J connectivity index is 1.34. The average molecular weight is 450 g/mol. The smallest absolute Gasteiger partial charge is 0.139 e. The third-order valence-corrected chi connectivity index (χ3v) is 7.21. The molecule has 5 rings (SSSR count). The van der Waals surface area contributed by atoms with Gasteiger partial charge in [0.05, 0.1) is 6.10 Å². The first kappa shape index (κ1) is 22.1. The van der Waals surface area contributed by atoms with Crippen molar-refractivity contribution in [1.82, 2.24) is 19.3 Å². The Kier molecular flexibility index (Phi) is 5.99. The molecule has 0 amide bonds. The minimum absolute atomic E-state index is 0.120. The highest BCUT2D eigenvalue weighted by atomic mass is 16.5. The second-order valence-corrected chi connectivity index (χ2v) is 9.62. The zero-order chi connectivity index (χ0) is 23.1. The Hall–Kier alpha value is -2.68. The van der Waals surface area contributed by atoms with Crippen LogP contribution in [0.25, 0.3) is 16.8 Å². The number of hydrogen-bond acceptors (Lipinski definition) is 7. The molecule has 0 saturated carbocycles. The van der Waals surface area contributed by atoms with Crippen molar-refractivity contribution in [2.75, 3.05) is 57.2 Å². The summed E-state index contributed by atoms with van der Waals surface area (Å²) in [5.41, 5.74) is 10.7. The standard InChI is InChI=1S/C25H35N7O/c1-17-13-18(14-31-12-9-27-24(17)31)20-5-6-23(28-25(20)29(2)3)30-10-7-19(8-11-30)32-15-21(26)22(16-32)33-4/h5-6,9,12-14,19,21-22H,7-8,10-11,15-16,26H2,1-4H3/t21-,22-/m1/s1. The Bertz CT molecular complexity index is 1120. The summed E-state index contributed by atoms with van der Waals surface area (Å²) in [5, 5.41) is 0. The summed E-state index contributed by atoms with van der Waals surface area (Å²) in [6.45, 7) is 6.00. The van der Waals surface area contributed by atoms with Crippen LogP contribution in [0.2, 0.25) is 0 Å². The molecule has 2 fully saturated rings. The maximum atomic E-state index is 6.25. The highest BCUT2D eigenvalue weighted by Gasteiger charge is 2.35. The van der Waals surface area contributed by atoms with Crippen molar-refractivity contribution in [3.63, 3.8) is 0 Å². The van der Waals surface area contributed by atoms with E-state index in [4.69, 9.17) is 15.5 Å². The van der Waals surface area contributed by atoms with Crippen LogP contribution in [0, 0.1) is 6.92 Å². The molecule has 0 aliphatic carbocycles. The molecule has 0 radical (unpaired) electrons. The number of pyridine rings is 2. The third-order valence-electron chi connectivity index (χ3n) is 7.21. The molecule has 8 nitrogen and oxygen atoms in total. The normalized spacial score (nSPS) is 22.4. The summed E-state index contributed by atoms with van der Waals surface area (Å²) >= 11 is 0. The van der Waals surface area contributed by atoms with Crippen molar-refractivity contribution < 1.29 is 4.74 Å². The number of nitrogens with zero attached hydrogens (tertiary/aromatic N) is 6. The van der Waals surface area contributed by atoms with Crippen LogP contribution in [0.4, 0.5) is 11.6 Å². The molecule has 3 aromatic rings. The SMILES string of the molecule is CO[C@@H]1CN(C2CCN(c3ccc(-c4cc(C)c5nccn5c4)c(N(C)C)n3)CC2)C[C@H]1N. The quantitative estimate of drug-likeness (QED) is 0.641. The minimum Gasteiger partial charge on any atom is -0.378 e. The summed E-state index contributed by atoms with van der Waals surface area (Å²) < 4.78 is 7.63. The number of imidazole rings is 1. The number of hydrogen-bond donors (Lipinski definition) is 1. The van der Waals surface area contributed by atoms with Crippen LogP contribution in [0.5, 0.6) is 0 Å². The van der Waals surface area contributed by atoms with E-state index in [-0.39, 0.29) is 12.1 Å². The molecule has 2 aliphatic rings. The Morgan fingerprint density at radius 3 is 2.64 bits per heavy atom. The molecule has 0 bridgehead atoms. The fourth-order valence-corrected chi connectivity index (χ4v) is 5.37. The molecule has 8 heteroatoms. The van der Waals surface area contributed by atoms with E-state index in [9.17, 15) is 0 Å². The van der Waals surface area contributed by atoms with E-state index in [1.165, 1.54) is 0 Å². The molecule has 0 unspecified atom stereocenters. The lowest BCUT2D eigenvalue weighted by atomic mass is 10.0. The van der Waals surface area contributed by atoms with Gasteiger partial charge in [0, 0.05) is 89.2 Å². The van der Waals surface area contributed by atoms with Crippen molar-refractivity contribution in [1.29, 1.82) is 0 Å². The number of piperidine rings is 1. The summed E-state index contributed by atoms with van der Waals surface area (Å²) in [6, 6.07) is 7.28. The van der Waals surface area contributed by atoms with Crippen LogP contribution < -0.4 is 15.5 Å². The molecule has 2 saturated heterocycles. The topological polar surface area (TPSA) is 75.2 Å². The van der Waals surface area contributed by atoms with Gasteiger partial charge in [-0.3, -0.25) is 4.90 Å². The maximum absolute atomic E-state index is 6.25. The summed E-state index contributed by atoms with van der Waals surface area (Å²) in [7, 11) is 5.89. The molecule has 5 heterocycles. The predicted molar refractivity (Wildman–Crippen MR) is 133 cm³/mol. The zero-order valence-corrected chi connectivity index (χ0v) is 20.1.